The Bertz CT molecular complexity index is 905. The standard InChI is InChI=1S/C21H22N2O4S/c1-21(2,3)27-19(24)15(12-22)13-23-18-17(20(25)26-4)11-16(28-18)10-14-8-6-5-7-9-14/h5-9,11,13,15H,10H2,1-4H3. The van der Waals surface area contributed by atoms with Crippen molar-refractivity contribution < 1.29 is 19.1 Å². The van der Waals surface area contributed by atoms with Gasteiger partial charge >= 0.3 is 11.9 Å². The number of hydrogen-bond acceptors (Lipinski definition) is 7. The summed E-state index contributed by atoms with van der Waals surface area (Å²) in [5.74, 6) is -2.36. The SMILES string of the molecule is COC(=O)c1cc(Cc2ccccc2)sc1N=CC(C#N)C(=O)OC(C)(C)C. The van der Waals surface area contributed by atoms with Crippen LogP contribution in [0.4, 0.5) is 5.00 Å². The molecule has 1 unspecified atom stereocenters. The fraction of sp³-hybridized carbons (Fsp3) is 0.333. The molecule has 146 valence electrons. The van der Waals surface area contributed by atoms with Gasteiger partial charge in [-0.25, -0.2) is 9.79 Å². The van der Waals surface area contributed by atoms with Crippen molar-refractivity contribution in [3.05, 3.63) is 52.4 Å². The van der Waals surface area contributed by atoms with Gasteiger partial charge in [-0.05, 0) is 32.4 Å². The molecule has 0 aliphatic carbocycles. The monoisotopic (exact) mass is 398 g/mol. The number of hydrogen-bond donors (Lipinski definition) is 0. The van der Waals surface area contributed by atoms with Gasteiger partial charge in [0.1, 0.15) is 10.6 Å². The summed E-state index contributed by atoms with van der Waals surface area (Å²) in [5.41, 5.74) is 0.693. The lowest BCUT2D eigenvalue weighted by Gasteiger charge is -2.20. The van der Waals surface area contributed by atoms with Crippen LogP contribution in [0, 0.1) is 17.2 Å². The van der Waals surface area contributed by atoms with Crippen LogP contribution >= 0.6 is 11.3 Å². The highest BCUT2D eigenvalue weighted by atomic mass is 32.1. The van der Waals surface area contributed by atoms with Crippen LogP contribution in [0.25, 0.3) is 0 Å². The fourth-order valence-corrected chi connectivity index (χ4v) is 3.35. The van der Waals surface area contributed by atoms with E-state index in [9.17, 15) is 14.9 Å². The normalized spacial score (nSPS) is 12.4. The minimum absolute atomic E-state index is 0.301. The van der Waals surface area contributed by atoms with Crippen molar-refractivity contribution in [2.24, 2.45) is 10.9 Å². The van der Waals surface area contributed by atoms with E-state index in [-0.39, 0.29) is 0 Å². The molecular formula is C21H22N2O4S. The van der Waals surface area contributed by atoms with Crippen molar-refractivity contribution in [2.75, 3.05) is 7.11 Å². The van der Waals surface area contributed by atoms with Gasteiger partial charge < -0.3 is 9.47 Å². The van der Waals surface area contributed by atoms with E-state index in [0.29, 0.717) is 17.0 Å². The molecule has 1 aromatic carbocycles. The first-order valence-electron chi connectivity index (χ1n) is 8.65. The molecule has 0 amide bonds. The molecular weight excluding hydrogens is 376 g/mol. The van der Waals surface area contributed by atoms with Gasteiger partial charge in [0.05, 0.1) is 18.7 Å². The quantitative estimate of drug-likeness (QED) is 0.534. The molecule has 0 saturated carbocycles. The molecule has 6 nitrogen and oxygen atoms in total. The molecule has 1 aromatic heterocycles. The predicted octanol–water partition coefficient (Wildman–Crippen LogP) is 4.31. The number of rotatable bonds is 6. The summed E-state index contributed by atoms with van der Waals surface area (Å²) in [6.07, 6.45) is 1.84. The number of benzene rings is 1. The zero-order valence-electron chi connectivity index (χ0n) is 16.3. The molecule has 1 atom stereocenters. The zero-order chi connectivity index (χ0) is 20.7. The van der Waals surface area contributed by atoms with Crippen LogP contribution in [0.5, 0.6) is 0 Å². The molecule has 2 rings (SSSR count). The minimum Gasteiger partial charge on any atom is -0.465 e. The zero-order valence-corrected chi connectivity index (χ0v) is 17.1. The lowest BCUT2D eigenvalue weighted by molar-refractivity contribution is -0.155. The molecule has 0 radical (unpaired) electrons. The van der Waals surface area contributed by atoms with Gasteiger partial charge in [0.2, 0.25) is 0 Å². The van der Waals surface area contributed by atoms with Crippen LogP contribution in [0.2, 0.25) is 0 Å². The van der Waals surface area contributed by atoms with Crippen molar-refractivity contribution >= 4 is 34.5 Å². The summed E-state index contributed by atoms with van der Waals surface area (Å²) in [5, 5.41) is 9.66. The summed E-state index contributed by atoms with van der Waals surface area (Å²) in [6, 6.07) is 13.4. The Labute approximate surface area is 168 Å². The van der Waals surface area contributed by atoms with E-state index < -0.39 is 23.5 Å². The van der Waals surface area contributed by atoms with Crippen LogP contribution < -0.4 is 0 Å². The highest BCUT2D eigenvalue weighted by Gasteiger charge is 2.24. The number of carbonyl (C=O) groups is 2. The lowest BCUT2D eigenvalue weighted by Crippen LogP contribution is -2.28. The number of thiophene rings is 1. The Morgan fingerprint density at radius 1 is 1.29 bits per heavy atom. The summed E-state index contributed by atoms with van der Waals surface area (Å²) >= 11 is 1.32. The number of ether oxygens (including phenoxy) is 2. The average Bonchev–Trinajstić information content (AvgIpc) is 3.03. The molecule has 2 aromatic rings. The van der Waals surface area contributed by atoms with Crippen molar-refractivity contribution in [3.63, 3.8) is 0 Å². The van der Waals surface area contributed by atoms with Crippen molar-refractivity contribution in [2.45, 2.75) is 32.8 Å². The average molecular weight is 398 g/mol. The first kappa shape index (κ1) is 21.3. The molecule has 0 fully saturated rings. The highest BCUT2D eigenvalue weighted by molar-refractivity contribution is 7.16. The molecule has 28 heavy (non-hydrogen) atoms. The number of carbonyl (C=O) groups excluding carboxylic acids is 2. The Kier molecular flexibility index (Phi) is 7.07. The highest BCUT2D eigenvalue weighted by Crippen LogP contribution is 2.33. The fourth-order valence-electron chi connectivity index (χ4n) is 2.32. The maximum Gasteiger partial charge on any atom is 0.340 e. The Hall–Kier alpha value is -2.98. The van der Waals surface area contributed by atoms with Crippen molar-refractivity contribution in [1.29, 1.82) is 5.26 Å². The van der Waals surface area contributed by atoms with E-state index in [2.05, 4.69) is 4.99 Å². The molecule has 0 spiro atoms. The van der Waals surface area contributed by atoms with Crippen LogP contribution in [0.3, 0.4) is 0 Å². The summed E-state index contributed by atoms with van der Waals surface area (Å²) in [7, 11) is 1.29. The molecule has 7 heteroatoms. The largest absolute Gasteiger partial charge is 0.465 e. The molecule has 0 aliphatic heterocycles. The summed E-state index contributed by atoms with van der Waals surface area (Å²) in [4.78, 5) is 29.3. The lowest BCUT2D eigenvalue weighted by atomic mass is 10.1. The van der Waals surface area contributed by atoms with Crippen molar-refractivity contribution in [3.8, 4) is 6.07 Å². The van der Waals surface area contributed by atoms with E-state index in [1.54, 1.807) is 26.8 Å². The molecule has 0 bridgehead atoms. The molecule has 0 saturated heterocycles. The number of aliphatic imine (C=N–C) groups is 1. The van der Waals surface area contributed by atoms with E-state index in [4.69, 9.17) is 9.47 Å². The summed E-state index contributed by atoms with van der Waals surface area (Å²) < 4.78 is 10.0. The second kappa shape index (κ2) is 9.29. The van der Waals surface area contributed by atoms with Gasteiger partial charge in [-0.15, -0.1) is 11.3 Å². The predicted molar refractivity (Wildman–Crippen MR) is 108 cm³/mol. The topological polar surface area (TPSA) is 88.8 Å². The second-order valence-electron chi connectivity index (χ2n) is 7.00. The van der Waals surface area contributed by atoms with Crippen LogP contribution in [0.15, 0.2) is 41.4 Å². The summed E-state index contributed by atoms with van der Waals surface area (Å²) in [6.45, 7) is 5.17. The van der Waals surface area contributed by atoms with Crippen LogP contribution in [0.1, 0.15) is 41.6 Å². The minimum atomic E-state index is -1.16. The van der Waals surface area contributed by atoms with Gasteiger partial charge in [-0.1, -0.05) is 30.3 Å². The first-order chi connectivity index (χ1) is 13.2. The number of methoxy groups -OCH3 is 1. The van der Waals surface area contributed by atoms with Crippen LogP contribution in [-0.4, -0.2) is 30.9 Å². The Morgan fingerprint density at radius 3 is 2.54 bits per heavy atom. The first-order valence-corrected chi connectivity index (χ1v) is 9.46. The third-order valence-electron chi connectivity index (χ3n) is 3.53. The molecule has 1 heterocycles. The molecule has 0 N–H and O–H groups in total. The van der Waals surface area contributed by atoms with Crippen LogP contribution in [-0.2, 0) is 20.7 Å². The number of esters is 2. The smallest absolute Gasteiger partial charge is 0.340 e. The van der Waals surface area contributed by atoms with E-state index >= 15 is 0 Å². The van der Waals surface area contributed by atoms with Gasteiger partial charge in [0.15, 0.2) is 5.92 Å². The van der Waals surface area contributed by atoms with Gasteiger partial charge in [-0.2, -0.15) is 5.26 Å². The maximum atomic E-state index is 12.1. The van der Waals surface area contributed by atoms with Gasteiger partial charge in [-0.3, -0.25) is 4.79 Å². The Balaban J connectivity index is 2.27. The van der Waals surface area contributed by atoms with E-state index in [1.165, 1.54) is 24.7 Å². The maximum absolute atomic E-state index is 12.1. The second-order valence-corrected chi connectivity index (χ2v) is 8.12. The number of nitrogens with zero attached hydrogens (tertiary/aromatic N) is 2. The van der Waals surface area contributed by atoms with Gasteiger partial charge in [0.25, 0.3) is 0 Å². The molecule has 0 aliphatic rings. The number of nitriles is 1. The van der Waals surface area contributed by atoms with E-state index in [0.717, 1.165) is 10.4 Å². The third-order valence-corrected chi connectivity index (χ3v) is 4.57. The Morgan fingerprint density at radius 2 is 1.96 bits per heavy atom. The van der Waals surface area contributed by atoms with Gasteiger partial charge in [0, 0.05) is 17.5 Å². The van der Waals surface area contributed by atoms with Crippen molar-refractivity contribution in [1.82, 2.24) is 0 Å². The van der Waals surface area contributed by atoms with E-state index in [1.807, 2.05) is 36.4 Å². The third kappa shape index (κ3) is 6.03.